The van der Waals surface area contributed by atoms with Crippen molar-refractivity contribution in [2.75, 3.05) is 26.2 Å². The van der Waals surface area contributed by atoms with E-state index in [1.54, 1.807) is 6.92 Å². The monoisotopic (exact) mass is 446 g/mol. The van der Waals surface area contributed by atoms with Crippen molar-refractivity contribution in [1.29, 1.82) is 0 Å². The Labute approximate surface area is 185 Å². The molecule has 1 saturated heterocycles. The van der Waals surface area contributed by atoms with Crippen LogP contribution in [-0.4, -0.2) is 59.9 Å². The Morgan fingerprint density at radius 1 is 1.06 bits per heavy atom. The molecule has 1 aliphatic rings. The first-order valence-electron chi connectivity index (χ1n) is 9.96. The zero-order chi connectivity index (χ0) is 22.4. The van der Waals surface area contributed by atoms with Gasteiger partial charge in [-0.3, -0.25) is 19.8 Å². The van der Waals surface area contributed by atoms with Crippen molar-refractivity contribution in [2.45, 2.75) is 19.5 Å². The third-order valence-electron chi connectivity index (χ3n) is 5.22. The molecule has 164 valence electrons. The van der Waals surface area contributed by atoms with E-state index in [0.717, 1.165) is 5.56 Å². The fourth-order valence-electron chi connectivity index (χ4n) is 3.35. The van der Waals surface area contributed by atoms with Crippen LogP contribution in [-0.2, 0) is 11.3 Å². The minimum atomic E-state index is -0.619. The topological polar surface area (TPSA) is 81.8 Å². The van der Waals surface area contributed by atoms with Gasteiger partial charge in [-0.05, 0) is 30.7 Å². The average molecular weight is 447 g/mol. The molecule has 2 aromatic rings. The van der Waals surface area contributed by atoms with Crippen molar-refractivity contribution in [1.82, 2.24) is 20.4 Å². The first-order valence-corrected chi connectivity index (χ1v) is 10.3. The van der Waals surface area contributed by atoms with Gasteiger partial charge in [0.15, 0.2) is 0 Å². The summed E-state index contributed by atoms with van der Waals surface area (Å²) in [6, 6.07) is 12.1. The molecule has 0 saturated carbocycles. The van der Waals surface area contributed by atoms with Crippen LogP contribution < -0.4 is 10.6 Å². The summed E-state index contributed by atoms with van der Waals surface area (Å²) in [4.78, 5) is 40.4. The molecule has 1 unspecified atom stereocenters. The smallest absolute Gasteiger partial charge is 0.321 e. The normalized spacial score (nSPS) is 15.3. The number of rotatable bonds is 5. The van der Waals surface area contributed by atoms with E-state index in [1.807, 2.05) is 35.2 Å². The lowest BCUT2D eigenvalue weighted by Gasteiger charge is -2.37. The number of imide groups is 1. The second-order valence-corrected chi connectivity index (χ2v) is 7.72. The maximum Gasteiger partial charge on any atom is 0.321 e. The standard InChI is InChI=1S/C22H24ClFN4O3/c1-15(20(29)26-22(31)25-14-16-5-3-2-4-6-16)27-9-11-28(12-10-27)21(30)18-13-17(23)7-8-19(18)24/h2-8,13,15H,9-12,14H2,1H3,(H2,25,26,29,31). The lowest BCUT2D eigenvalue weighted by atomic mass is 10.1. The molecule has 9 heteroatoms. The molecule has 1 heterocycles. The van der Waals surface area contributed by atoms with Crippen molar-refractivity contribution in [3.8, 4) is 0 Å². The van der Waals surface area contributed by atoms with Crippen molar-refractivity contribution in [2.24, 2.45) is 0 Å². The number of urea groups is 1. The molecule has 0 aliphatic carbocycles. The molecule has 4 amide bonds. The first-order chi connectivity index (χ1) is 14.8. The average Bonchev–Trinajstić information content (AvgIpc) is 2.79. The highest BCUT2D eigenvalue weighted by Crippen LogP contribution is 2.18. The summed E-state index contributed by atoms with van der Waals surface area (Å²) in [5.74, 6) is -1.48. The number of nitrogens with zero attached hydrogens (tertiary/aromatic N) is 2. The summed E-state index contributed by atoms with van der Waals surface area (Å²) >= 11 is 5.88. The molecular formula is C22H24ClFN4O3. The Kier molecular flexibility index (Phi) is 7.59. The quantitative estimate of drug-likeness (QED) is 0.739. The van der Waals surface area contributed by atoms with E-state index < -0.39 is 29.7 Å². The van der Waals surface area contributed by atoms with E-state index in [0.29, 0.717) is 37.7 Å². The molecule has 2 aromatic carbocycles. The maximum atomic E-state index is 14.0. The molecule has 1 atom stereocenters. The van der Waals surface area contributed by atoms with Gasteiger partial charge in [0.25, 0.3) is 5.91 Å². The van der Waals surface area contributed by atoms with Gasteiger partial charge in [0.2, 0.25) is 5.91 Å². The SMILES string of the molecule is CC(C(=O)NC(=O)NCc1ccccc1)N1CCN(C(=O)c2cc(Cl)ccc2F)CC1. The minimum absolute atomic E-state index is 0.0678. The number of piperazine rings is 1. The number of hydrogen-bond donors (Lipinski definition) is 2. The van der Waals surface area contributed by atoms with Gasteiger partial charge in [-0.15, -0.1) is 0 Å². The lowest BCUT2D eigenvalue weighted by Crippen LogP contribution is -2.56. The highest BCUT2D eigenvalue weighted by molar-refractivity contribution is 6.31. The molecular weight excluding hydrogens is 423 g/mol. The van der Waals surface area contributed by atoms with Gasteiger partial charge in [-0.25, -0.2) is 9.18 Å². The number of carbonyl (C=O) groups excluding carboxylic acids is 3. The van der Waals surface area contributed by atoms with Crippen LogP contribution in [0.4, 0.5) is 9.18 Å². The molecule has 31 heavy (non-hydrogen) atoms. The van der Waals surface area contributed by atoms with Gasteiger partial charge in [0.05, 0.1) is 11.6 Å². The highest BCUT2D eigenvalue weighted by atomic mass is 35.5. The zero-order valence-corrected chi connectivity index (χ0v) is 17.9. The van der Waals surface area contributed by atoms with Crippen LogP contribution in [0.25, 0.3) is 0 Å². The zero-order valence-electron chi connectivity index (χ0n) is 17.1. The number of amides is 4. The molecule has 0 bridgehead atoms. The maximum absolute atomic E-state index is 14.0. The third-order valence-corrected chi connectivity index (χ3v) is 5.46. The predicted octanol–water partition coefficient (Wildman–Crippen LogP) is 2.65. The predicted molar refractivity (Wildman–Crippen MR) is 115 cm³/mol. The van der Waals surface area contributed by atoms with Crippen LogP contribution >= 0.6 is 11.6 Å². The molecule has 0 spiro atoms. The van der Waals surface area contributed by atoms with Crippen LogP contribution in [0.3, 0.4) is 0 Å². The van der Waals surface area contributed by atoms with Gasteiger partial charge < -0.3 is 10.2 Å². The first kappa shape index (κ1) is 22.7. The van der Waals surface area contributed by atoms with E-state index >= 15 is 0 Å². The Morgan fingerprint density at radius 2 is 1.74 bits per heavy atom. The van der Waals surface area contributed by atoms with E-state index in [1.165, 1.54) is 23.1 Å². The van der Waals surface area contributed by atoms with Crippen molar-refractivity contribution in [3.05, 3.63) is 70.5 Å². The third kappa shape index (κ3) is 6.02. The number of benzene rings is 2. The van der Waals surface area contributed by atoms with Crippen molar-refractivity contribution in [3.63, 3.8) is 0 Å². The summed E-state index contributed by atoms with van der Waals surface area (Å²) in [6.45, 7) is 3.54. The second kappa shape index (κ2) is 10.4. The van der Waals surface area contributed by atoms with Crippen LogP contribution in [0, 0.1) is 5.82 Å². The Bertz CT molecular complexity index is 949. The van der Waals surface area contributed by atoms with Crippen LogP contribution in [0.15, 0.2) is 48.5 Å². The number of halogens is 2. The van der Waals surface area contributed by atoms with Gasteiger partial charge in [0, 0.05) is 37.7 Å². The van der Waals surface area contributed by atoms with Crippen LogP contribution in [0.2, 0.25) is 5.02 Å². The van der Waals surface area contributed by atoms with E-state index in [2.05, 4.69) is 10.6 Å². The van der Waals surface area contributed by atoms with Gasteiger partial charge in [-0.2, -0.15) is 0 Å². The van der Waals surface area contributed by atoms with Gasteiger partial charge >= 0.3 is 6.03 Å². The summed E-state index contributed by atoms with van der Waals surface area (Å²) in [6.07, 6.45) is 0. The Hall–Kier alpha value is -2.97. The molecule has 3 rings (SSSR count). The molecule has 0 radical (unpaired) electrons. The fraction of sp³-hybridized carbons (Fsp3) is 0.318. The minimum Gasteiger partial charge on any atom is -0.336 e. The summed E-state index contributed by atoms with van der Waals surface area (Å²) in [5.41, 5.74) is 0.858. The summed E-state index contributed by atoms with van der Waals surface area (Å²) in [7, 11) is 0. The molecule has 1 aliphatic heterocycles. The van der Waals surface area contributed by atoms with Crippen molar-refractivity contribution >= 4 is 29.4 Å². The van der Waals surface area contributed by atoms with Gasteiger partial charge in [0.1, 0.15) is 5.82 Å². The largest absolute Gasteiger partial charge is 0.336 e. The molecule has 1 fully saturated rings. The fourth-order valence-corrected chi connectivity index (χ4v) is 3.52. The van der Waals surface area contributed by atoms with E-state index in [-0.39, 0.29) is 5.56 Å². The highest BCUT2D eigenvalue weighted by Gasteiger charge is 2.29. The van der Waals surface area contributed by atoms with Gasteiger partial charge in [-0.1, -0.05) is 41.9 Å². The summed E-state index contributed by atoms with van der Waals surface area (Å²) < 4.78 is 14.0. The van der Waals surface area contributed by atoms with E-state index in [9.17, 15) is 18.8 Å². The molecule has 2 N–H and O–H groups in total. The van der Waals surface area contributed by atoms with Crippen LogP contribution in [0.5, 0.6) is 0 Å². The number of carbonyl (C=O) groups is 3. The van der Waals surface area contributed by atoms with E-state index in [4.69, 9.17) is 11.6 Å². The van der Waals surface area contributed by atoms with Crippen molar-refractivity contribution < 1.29 is 18.8 Å². The lowest BCUT2D eigenvalue weighted by molar-refractivity contribution is -0.125. The number of nitrogens with one attached hydrogen (secondary N) is 2. The summed E-state index contributed by atoms with van der Waals surface area (Å²) in [5, 5.41) is 5.29. The molecule has 0 aromatic heterocycles. The second-order valence-electron chi connectivity index (χ2n) is 7.29. The number of hydrogen-bond acceptors (Lipinski definition) is 4. The Balaban J connectivity index is 1.47. The van der Waals surface area contributed by atoms with Crippen LogP contribution in [0.1, 0.15) is 22.8 Å². The Morgan fingerprint density at radius 3 is 2.42 bits per heavy atom. The molecule has 7 nitrogen and oxygen atoms in total.